The summed E-state index contributed by atoms with van der Waals surface area (Å²) in [6, 6.07) is 7.07. The summed E-state index contributed by atoms with van der Waals surface area (Å²) < 4.78 is 9.63. The Morgan fingerprint density at radius 2 is 1.86 bits per heavy atom. The number of anilines is 1. The average Bonchev–Trinajstić information content (AvgIpc) is 3.01. The number of benzene rings is 1. The molecule has 2 aromatic heterocycles. The molecular weight excluding hydrogens is 382 g/mol. The van der Waals surface area contributed by atoms with Crippen molar-refractivity contribution in [1.29, 1.82) is 0 Å². The van der Waals surface area contributed by atoms with Crippen molar-refractivity contribution in [3.63, 3.8) is 0 Å². The molecule has 0 amide bonds. The fourth-order valence-corrected chi connectivity index (χ4v) is 3.16. The molecule has 8 nitrogen and oxygen atoms in total. The van der Waals surface area contributed by atoms with Gasteiger partial charge >= 0.3 is 5.69 Å². The molecule has 0 aliphatic rings. The predicted octanol–water partition coefficient (Wildman–Crippen LogP) is 1.97. The Bertz CT molecular complexity index is 1080. The fourth-order valence-electron chi connectivity index (χ4n) is 3.03. The summed E-state index contributed by atoms with van der Waals surface area (Å²) in [5.74, 6) is 0.544. The van der Waals surface area contributed by atoms with E-state index in [1.807, 2.05) is 6.92 Å². The number of hydrogen-bond donors (Lipinski definition) is 1. The largest absolute Gasteiger partial charge is 0.382 e. The highest BCUT2D eigenvalue weighted by Crippen LogP contribution is 2.14. The van der Waals surface area contributed by atoms with Gasteiger partial charge in [-0.1, -0.05) is 23.7 Å². The van der Waals surface area contributed by atoms with Crippen molar-refractivity contribution in [3.05, 3.63) is 55.7 Å². The van der Waals surface area contributed by atoms with Gasteiger partial charge in [0.05, 0.1) is 6.54 Å². The molecule has 2 heterocycles. The van der Waals surface area contributed by atoms with Crippen molar-refractivity contribution < 1.29 is 4.74 Å². The lowest BCUT2D eigenvalue weighted by Crippen LogP contribution is -2.39. The second-order valence-corrected chi connectivity index (χ2v) is 6.94. The number of aryl methyl sites for hydroxylation is 2. The van der Waals surface area contributed by atoms with Crippen LogP contribution in [0.3, 0.4) is 0 Å². The molecule has 3 aromatic rings. The minimum absolute atomic E-state index is 0.168. The molecule has 0 aliphatic carbocycles. The molecule has 0 bridgehead atoms. The topological polar surface area (TPSA) is 83.1 Å². The number of imidazole rings is 1. The van der Waals surface area contributed by atoms with Crippen LogP contribution in [-0.2, 0) is 25.4 Å². The molecule has 1 aromatic carbocycles. The molecule has 1 N–H and O–H groups in total. The van der Waals surface area contributed by atoms with Crippen molar-refractivity contribution >= 4 is 28.7 Å². The van der Waals surface area contributed by atoms with E-state index in [4.69, 9.17) is 16.3 Å². The molecule has 3 rings (SSSR count). The van der Waals surface area contributed by atoms with E-state index in [1.165, 1.54) is 9.13 Å². The average molecular weight is 406 g/mol. The van der Waals surface area contributed by atoms with E-state index >= 15 is 0 Å². The monoisotopic (exact) mass is 405 g/mol. The van der Waals surface area contributed by atoms with E-state index in [0.717, 1.165) is 12.0 Å². The van der Waals surface area contributed by atoms with Crippen LogP contribution in [0.5, 0.6) is 0 Å². The molecule has 0 saturated carbocycles. The second-order valence-electron chi connectivity index (χ2n) is 6.50. The quantitative estimate of drug-likeness (QED) is 0.579. The maximum atomic E-state index is 13.0. The molecule has 0 radical (unpaired) electrons. The summed E-state index contributed by atoms with van der Waals surface area (Å²) in [6.07, 6.45) is 0.816. The van der Waals surface area contributed by atoms with Crippen LogP contribution in [0.15, 0.2) is 33.9 Å². The van der Waals surface area contributed by atoms with Crippen LogP contribution >= 0.6 is 11.6 Å². The Balaban J connectivity index is 1.96. The standard InChI is InChI=1S/C19H24ClN5O3/c1-4-28-11-5-10-21-18-22-16-15(23(18)2)17(26)25(19(27)24(16)3)12-13-6-8-14(20)9-7-13/h6-9H,4-5,10-12H2,1-3H3,(H,21,22). The van der Waals surface area contributed by atoms with Crippen LogP contribution < -0.4 is 16.6 Å². The molecule has 28 heavy (non-hydrogen) atoms. The van der Waals surface area contributed by atoms with Crippen LogP contribution in [0.4, 0.5) is 5.95 Å². The van der Waals surface area contributed by atoms with Gasteiger partial charge in [0.25, 0.3) is 5.56 Å². The van der Waals surface area contributed by atoms with E-state index in [-0.39, 0.29) is 12.1 Å². The summed E-state index contributed by atoms with van der Waals surface area (Å²) in [4.78, 5) is 30.2. The molecule has 9 heteroatoms. The van der Waals surface area contributed by atoms with Gasteiger partial charge in [-0.2, -0.15) is 4.98 Å². The van der Waals surface area contributed by atoms with Crippen LogP contribution in [-0.4, -0.2) is 38.4 Å². The molecule has 0 unspecified atom stereocenters. The molecule has 0 spiro atoms. The number of rotatable bonds is 8. The highest BCUT2D eigenvalue weighted by Gasteiger charge is 2.18. The van der Waals surface area contributed by atoms with Gasteiger partial charge in [0.15, 0.2) is 11.2 Å². The maximum absolute atomic E-state index is 13.0. The predicted molar refractivity (Wildman–Crippen MR) is 110 cm³/mol. The number of aromatic nitrogens is 4. The van der Waals surface area contributed by atoms with E-state index < -0.39 is 5.69 Å². The summed E-state index contributed by atoms with van der Waals surface area (Å²) in [5, 5.41) is 3.81. The highest BCUT2D eigenvalue weighted by molar-refractivity contribution is 6.30. The Hall–Kier alpha value is -2.58. The summed E-state index contributed by atoms with van der Waals surface area (Å²) in [6.45, 7) is 4.11. The van der Waals surface area contributed by atoms with Crippen molar-refractivity contribution in [3.8, 4) is 0 Å². The molecule has 0 aliphatic heterocycles. The lowest BCUT2D eigenvalue weighted by Gasteiger charge is -2.09. The van der Waals surface area contributed by atoms with Gasteiger partial charge in [-0.25, -0.2) is 4.79 Å². The lowest BCUT2D eigenvalue weighted by atomic mass is 10.2. The van der Waals surface area contributed by atoms with Gasteiger partial charge < -0.3 is 14.6 Å². The van der Waals surface area contributed by atoms with Crippen LogP contribution in [0.25, 0.3) is 11.2 Å². The first kappa shape index (κ1) is 20.2. The summed E-state index contributed by atoms with van der Waals surface area (Å²) in [5.41, 5.74) is 0.777. The summed E-state index contributed by atoms with van der Waals surface area (Å²) in [7, 11) is 3.38. The van der Waals surface area contributed by atoms with Gasteiger partial charge in [-0.15, -0.1) is 0 Å². The number of nitrogens with zero attached hydrogens (tertiary/aromatic N) is 4. The number of fused-ring (bicyclic) bond motifs is 1. The molecule has 0 fully saturated rings. The third kappa shape index (κ3) is 3.98. The van der Waals surface area contributed by atoms with Crippen molar-refractivity contribution in [1.82, 2.24) is 18.7 Å². The van der Waals surface area contributed by atoms with Gasteiger partial charge in [0, 0.05) is 38.9 Å². The first-order valence-electron chi connectivity index (χ1n) is 9.16. The molecule has 0 atom stereocenters. The Morgan fingerprint density at radius 3 is 2.54 bits per heavy atom. The van der Waals surface area contributed by atoms with E-state index in [0.29, 0.717) is 41.9 Å². The number of hydrogen-bond acceptors (Lipinski definition) is 5. The minimum atomic E-state index is -0.409. The van der Waals surface area contributed by atoms with Crippen LogP contribution in [0.2, 0.25) is 5.02 Å². The smallest absolute Gasteiger partial charge is 0.332 e. The van der Waals surface area contributed by atoms with E-state index in [1.54, 1.807) is 42.9 Å². The van der Waals surface area contributed by atoms with Crippen molar-refractivity contribution in [2.45, 2.75) is 19.9 Å². The van der Waals surface area contributed by atoms with Crippen molar-refractivity contribution in [2.24, 2.45) is 14.1 Å². The SMILES string of the molecule is CCOCCCNc1nc2c(c(=O)n(Cc3ccc(Cl)cc3)c(=O)n2C)n1C. The normalized spacial score (nSPS) is 11.3. The zero-order valence-electron chi connectivity index (χ0n) is 16.2. The van der Waals surface area contributed by atoms with Gasteiger partial charge in [0.1, 0.15) is 0 Å². The number of nitrogens with one attached hydrogen (secondary N) is 1. The maximum Gasteiger partial charge on any atom is 0.332 e. The van der Waals surface area contributed by atoms with Gasteiger partial charge in [-0.05, 0) is 31.0 Å². The lowest BCUT2D eigenvalue weighted by molar-refractivity contribution is 0.147. The minimum Gasteiger partial charge on any atom is -0.382 e. The van der Waals surface area contributed by atoms with Crippen LogP contribution in [0, 0.1) is 0 Å². The Kier molecular flexibility index (Phi) is 6.21. The third-order valence-electron chi connectivity index (χ3n) is 4.57. The Morgan fingerprint density at radius 1 is 1.14 bits per heavy atom. The van der Waals surface area contributed by atoms with E-state index in [2.05, 4.69) is 10.3 Å². The van der Waals surface area contributed by atoms with E-state index in [9.17, 15) is 9.59 Å². The van der Waals surface area contributed by atoms with Crippen molar-refractivity contribution in [2.75, 3.05) is 25.1 Å². The molecule has 0 saturated heterocycles. The molecule has 150 valence electrons. The Labute approximate surface area is 167 Å². The zero-order valence-corrected chi connectivity index (χ0v) is 17.0. The third-order valence-corrected chi connectivity index (χ3v) is 4.82. The molecular formula is C19H24ClN5O3. The number of ether oxygens (including phenoxy) is 1. The number of halogens is 1. The first-order chi connectivity index (χ1) is 13.4. The zero-order chi connectivity index (χ0) is 20.3. The fraction of sp³-hybridized carbons (Fsp3) is 0.421. The first-order valence-corrected chi connectivity index (χ1v) is 9.54. The van der Waals surface area contributed by atoms with Crippen LogP contribution in [0.1, 0.15) is 18.9 Å². The van der Waals surface area contributed by atoms with Gasteiger partial charge in [0.2, 0.25) is 5.95 Å². The second kappa shape index (κ2) is 8.62. The van der Waals surface area contributed by atoms with Gasteiger partial charge in [-0.3, -0.25) is 13.9 Å². The summed E-state index contributed by atoms with van der Waals surface area (Å²) >= 11 is 5.91. The highest BCUT2D eigenvalue weighted by atomic mass is 35.5.